The van der Waals surface area contributed by atoms with Crippen molar-refractivity contribution in [3.05, 3.63) is 42.1 Å². The second-order valence-corrected chi connectivity index (χ2v) is 4.39. The number of carbonyl (C=O) groups is 1. The van der Waals surface area contributed by atoms with Crippen molar-refractivity contribution in [1.82, 2.24) is 15.1 Å². The normalized spacial score (nSPS) is 15.5. The molecule has 0 spiro atoms. The van der Waals surface area contributed by atoms with Crippen LogP contribution in [0.2, 0.25) is 0 Å². The van der Waals surface area contributed by atoms with E-state index >= 15 is 0 Å². The summed E-state index contributed by atoms with van der Waals surface area (Å²) >= 11 is 0. The van der Waals surface area contributed by atoms with Crippen LogP contribution in [0.4, 0.5) is 0 Å². The van der Waals surface area contributed by atoms with Gasteiger partial charge in [0.05, 0.1) is 23.6 Å². The molecule has 0 unspecified atom stereocenters. The van der Waals surface area contributed by atoms with Gasteiger partial charge in [0.25, 0.3) is 5.91 Å². The SMILES string of the molecule is O=C(c1cn[nH]c1-c1ccccc1)N1CC(O)C1. The summed E-state index contributed by atoms with van der Waals surface area (Å²) in [6, 6.07) is 9.60. The maximum Gasteiger partial charge on any atom is 0.257 e. The maximum absolute atomic E-state index is 12.2. The first-order chi connectivity index (χ1) is 8.75. The Balaban J connectivity index is 1.90. The molecule has 18 heavy (non-hydrogen) atoms. The standard InChI is InChI=1S/C13H13N3O2/c17-10-7-16(8-10)13(18)11-6-14-15-12(11)9-4-2-1-3-5-9/h1-6,10,17H,7-8H2,(H,14,15). The molecule has 92 valence electrons. The van der Waals surface area contributed by atoms with Crippen LogP contribution >= 0.6 is 0 Å². The molecule has 0 radical (unpaired) electrons. The van der Waals surface area contributed by atoms with Gasteiger partial charge in [0.2, 0.25) is 0 Å². The third-order valence-electron chi connectivity index (χ3n) is 3.08. The number of amides is 1. The Morgan fingerprint density at radius 2 is 2.06 bits per heavy atom. The molecule has 1 aliphatic rings. The highest BCUT2D eigenvalue weighted by Crippen LogP contribution is 2.23. The first-order valence-electron chi connectivity index (χ1n) is 5.82. The monoisotopic (exact) mass is 243 g/mol. The molecule has 1 amide bonds. The average molecular weight is 243 g/mol. The second-order valence-electron chi connectivity index (χ2n) is 4.39. The highest BCUT2D eigenvalue weighted by atomic mass is 16.3. The van der Waals surface area contributed by atoms with Crippen LogP contribution in [0.1, 0.15) is 10.4 Å². The van der Waals surface area contributed by atoms with Crippen LogP contribution in [-0.2, 0) is 0 Å². The summed E-state index contributed by atoms with van der Waals surface area (Å²) in [7, 11) is 0. The maximum atomic E-state index is 12.2. The number of carbonyl (C=O) groups excluding carboxylic acids is 1. The number of aromatic nitrogens is 2. The van der Waals surface area contributed by atoms with Gasteiger partial charge in [-0.1, -0.05) is 30.3 Å². The summed E-state index contributed by atoms with van der Waals surface area (Å²) in [4.78, 5) is 13.8. The molecule has 1 saturated heterocycles. The predicted octanol–water partition coefficient (Wildman–Crippen LogP) is 0.893. The number of likely N-dealkylation sites (tertiary alicyclic amines) is 1. The van der Waals surface area contributed by atoms with Crippen LogP contribution in [0.25, 0.3) is 11.3 Å². The van der Waals surface area contributed by atoms with Crippen molar-refractivity contribution in [3.63, 3.8) is 0 Å². The Bertz CT molecular complexity index is 559. The predicted molar refractivity (Wildman–Crippen MR) is 65.9 cm³/mol. The summed E-state index contributed by atoms with van der Waals surface area (Å²) in [5.74, 6) is -0.0899. The van der Waals surface area contributed by atoms with Gasteiger partial charge in [-0.25, -0.2) is 0 Å². The molecule has 5 nitrogen and oxygen atoms in total. The van der Waals surface area contributed by atoms with Gasteiger partial charge in [-0.05, 0) is 0 Å². The molecule has 1 fully saturated rings. The minimum absolute atomic E-state index is 0.0899. The number of nitrogens with zero attached hydrogens (tertiary/aromatic N) is 2. The fourth-order valence-electron chi connectivity index (χ4n) is 2.06. The van der Waals surface area contributed by atoms with Gasteiger partial charge in [0.15, 0.2) is 0 Å². The van der Waals surface area contributed by atoms with Crippen LogP contribution in [-0.4, -0.2) is 45.3 Å². The molecule has 2 N–H and O–H groups in total. The minimum Gasteiger partial charge on any atom is -0.389 e. The number of hydrogen-bond donors (Lipinski definition) is 2. The first kappa shape index (κ1) is 11.0. The number of H-pyrrole nitrogens is 1. The molecule has 1 aromatic carbocycles. The zero-order chi connectivity index (χ0) is 12.5. The largest absolute Gasteiger partial charge is 0.389 e. The number of β-amino-alcohol motifs (C(OH)–C–C–N with tert-alkyl or cyclic N) is 1. The number of nitrogens with one attached hydrogen (secondary N) is 1. The summed E-state index contributed by atoms with van der Waals surface area (Å²) < 4.78 is 0. The molecule has 0 aliphatic carbocycles. The Morgan fingerprint density at radius 1 is 1.33 bits per heavy atom. The van der Waals surface area contributed by atoms with Crippen molar-refractivity contribution in [2.75, 3.05) is 13.1 Å². The Kier molecular flexibility index (Phi) is 2.60. The van der Waals surface area contributed by atoms with E-state index in [0.717, 1.165) is 11.3 Å². The third kappa shape index (κ3) is 1.78. The van der Waals surface area contributed by atoms with Gasteiger partial charge in [-0.2, -0.15) is 5.10 Å². The van der Waals surface area contributed by atoms with Gasteiger partial charge < -0.3 is 10.0 Å². The van der Waals surface area contributed by atoms with E-state index in [2.05, 4.69) is 10.2 Å². The van der Waals surface area contributed by atoms with Crippen molar-refractivity contribution in [1.29, 1.82) is 0 Å². The van der Waals surface area contributed by atoms with Gasteiger partial charge in [0.1, 0.15) is 0 Å². The number of aliphatic hydroxyl groups is 1. The van der Waals surface area contributed by atoms with Crippen LogP contribution in [0.3, 0.4) is 0 Å². The van der Waals surface area contributed by atoms with Crippen molar-refractivity contribution < 1.29 is 9.90 Å². The minimum atomic E-state index is -0.388. The number of hydrogen-bond acceptors (Lipinski definition) is 3. The van der Waals surface area contributed by atoms with E-state index in [0.29, 0.717) is 18.7 Å². The van der Waals surface area contributed by atoms with Crippen molar-refractivity contribution >= 4 is 5.91 Å². The smallest absolute Gasteiger partial charge is 0.257 e. The van der Waals surface area contributed by atoms with Gasteiger partial charge in [-0.3, -0.25) is 9.89 Å². The topological polar surface area (TPSA) is 69.2 Å². The molecule has 1 aromatic heterocycles. The van der Waals surface area contributed by atoms with E-state index in [1.165, 1.54) is 6.20 Å². The lowest BCUT2D eigenvalue weighted by Gasteiger charge is -2.35. The summed E-state index contributed by atoms with van der Waals surface area (Å²) in [6.07, 6.45) is 1.15. The number of benzene rings is 1. The van der Waals surface area contributed by atoms with Crippen molar-refractivity contribution in [2.24, 2.45) is 0 Å². The highest BCUT2D eigenvalue weighted by molar-refractivity contribution is 6.00. The lowest BCUT2D eigenvalue weighted by atomic mass is 10.1. The fourth-order valence-corrected chi connectivity index (χ4v) is 2.06. The quantitative estimate of drug-likeness (QED) is 0.823. The van der Waals surface area contributed by atoms with Gasteiger partial charge in [0, 0.05) is 18.7 Å². The molecular weight excluding hydrogens is 230 g/mol. The van der Waals surface area contributed by atoms with Gasteiger partial charge >= 0.3 is 0 Å². The van der Waals surface area contributed by atoms with E-state index in [4.69, 9.17) is 0 Å². The van der Waals surface area contributed by atoms with Crippen LogP contribution < -0.4 is 0 Å². The number of rotatable bonds is 2. The number of aliphatic hydroxyl groups excluding tert-OH is 1. The van der Waals surface area contributed by atoms with E-state index in [1.54, 1.807) is 4.90 Å². The van der Waals surface area contributed by atoms with E-state index in [1.807, 2.05) is 30.3 Å². The average Bonchev–Trinajstić information content (AvgIpc) is 2.84. The molecule has 0 bridgehead atoms. The Morgan fingerprint density at radius 3 is 2.72 bits per heavy atom. The fraction of sp³-hybridized carbons (Fsp3) is 0.231. The number of aromatic amines is 1. The van der Waals surface area contributed by atoms with E-state index in [9.17, 15) is 9.90 Å². The molecule has 0 saturated carbocycles. The third-order valence-corrected chi connectivity index (χ3v) is 3.08. The molecule has 1 aliphatic heterocycles. The highest BCUT2D eigenvalue weighted by Gasteiger charge is 2.31. The Labute approximate surface area is 104 Å². The van der Waals surface area contributed by atoms with Gasteiger partial charge in [-0.15, -0.1) is 0 Å². The van der Waals surface area contributed by atoms with Crippen LogP contribution in [0, 0.1) is 0 Å². The van der Waals surface area contributed by atoms with Crippen molar-refractivity contribution in [3.8, 4) is 11.3 Å². The first-order valence-corrected chi connectivity index (χ1v) is 5.82. The molecular formula is C13H13N3O2. The molecule has 2 heterocycles. The molecule has 3 rings (SSSR count). The summed E-state index contributed by atoms with van der Waals surface area (Å²) in [5.41, 5.74) is 2.20. The summed E-state index contributed by atoms with van der Waals surface area (Å²) in [5, 5.41) is 16.0. The van der Waals surface area contributed by atoms with E-state index in [-0.39, 0.29) is 12.0 Å². The lowest BCUT2D eigenvalue weighted by molar-refractivity contribution is 0.00595. The molecule has 2 aromatic rings. The summed E-state index contributed by atoms with van der Waals surface area (Å²) in [6.45, 7) is 0.802. The van der Waals surface area contributed by atoms with Crippen LogP contribution in [0.15, 0.2) is 36.5 Å². The van der Waals surface area contributed by atoms with Crippen LogP contribution in [0.5, 0.6) is 0 Å². The van der Waals surface area contributed by atoms with E-state index < -0.39 is 0 Å². The van der Waals surface area contributed by atoms with Crippen molar-refractivity contribution in [2.45, 2.75) is 6.10 Å². The second kappa shape index (κ2) is 4.27. The lowest BCUT2D eigenvalue weighted by Crippen LogP contribution is -2.53. The zero-order valence-electron chi connectivity index (χ0n) is 9.71. The molecule has 5 heteroatoms. The Hall–Kier alpha value is -2.14. The molecule has 0 atom stereocenters. The zero-order valence-corrected chi connectivity index (χ0v) is 9.71.